The first-order chi connectivity index (χ1) is 4.66. The van der Waals surface area contributed by atoms with E-state index in [0.29, 0.717) is 12.3 Å². The van der Waals surface area contributed by atoms with Crippen LogP contribution in [0.5, 0.6) is 0 Å². The Morgan fingerprint density at radius 1 is 1.50 bits per heavy atom. The van der Waals surface area contributed by atoms with Crippen molar-refractivity contribution in [1.82, 2.24) is 0 Å². The molecule has 0 saturated heterocycles. The molecule has 0 fully saturated rings. The monoisotopic (exact) mass is 143 g/mol. The first-order valence-electron chi connectivity index (χ1n) is 3.86. The van der Waals surface area contributed by atoms with Crippen molar-refractivity contribution in [2.75, 3.05) is 0 Å². The normalized spacial score (nSPS) is 13.6. The van der Waals surface area contributed by atoms with E-state index in [1.807, 2.05) is 0 Å². The summed E-state index contributed by atoms with van der Waals surface area (Å²) in [5.41, 5.74) is 5.70. The lowest BCUT2D eigenvalue weighted by molar-refractivity contribution is -0.108. The van der Waals surface area contributed by atoms with Crippen molar-refractivity contribution < 1.29 is 4.79 Å². The number of nitrogens with two attached hydrogens (primary N) is 1. The van der Waals surface area contributed by atoms with Gasteiger partial charge >= 0.3 is 0 Å². The standard InChI is InChI=1S/C8H17NO/c1-7(2)6-8(9)4-3-5-10/h5,7-8H,3-4,6,9H2,1-2H3/t8-/m0/s1. The maximum atomic E-state index is 9.94. The van der Waals surface area contributed by atoms with Crippen LogP contribution in [0.15, 0.2) is 0 Å². The second-order valence-corrected chi connectivity index (χ2v) is 3.13. The lowest BCUT2D eigenvalue weighted by atomic mass is 10.0. The molecule has 60 valence electrons. The fraction of sp³-hybridized carbons (Fsp3) is 0.875. The fourth-order valence-electron chi connectivity index (χ4n) is 1.01. The molecule has 0 unspecified atom stereocenters. The fourth-order valence-corrected chi connectivity index (χ4v) is 1.01. The molecule has 0 radical (unpaired) electrons. The van der Waals surface area contributed by atoms with Gasteiger partial charge in [0.2, 0.25) is 0 Å². The topological polar surface area (TPSA) is 43.1 Å². The molecule has 0 rings (SSSR count). The number of carbonyl (C=O) groups excluding carboxylic acids is 1. The summed E-state index contributed by atoms with van der Waals surface area (Å²) in [4.78, 5) is 9.94. The van der Waals surface area contributed by atoms with Gasteiger partial charge in [0.15, 0.2) is 0 Å². The summed E-state index contributed by atoms with van der Waals surface area (Å²) in [6, 6.07) is 0.213. The Morgan fingerprint density at radius 2 is 2.10 bits per heavy atom. The van der Waals surface area contributed by atoms with Gasteiger partial charge < -0.3 is 10.5 Å². The van der Waals surface area contributed by atoms with Crippen molar-refractivity contribution in [2.45, 2.75) is 39.2 Å². The highest BCUT2D eigenvalue weighted by Gasteiger charge is 2.03. The highest BCUT2D eigenvalue weighted by molar-refractivity contribution is 5.49. The van der Waals surface area contributed by atoms with Gasteiger partial charge in [-0.2, -0.15) is 0 Å². The first-order valence-corrected chi connectivity index (χ1v) is 3.86. The quantitative estimate of drug-likeness (QED) is 0.590. The Balaban J connectivity index is 3.24. The first kappa shape index (κ1) is 9.63. The highest BCUT2D eigenvalue weighted by atomic mass is 16.1. The van der Waals surface area contributed by atoms with Crippen LogP contribution in [0, 0.1) is 5.92 Å². The number of rotatable bonds is 5. The van der Waals surface area contributed by atoms with Crippen LogP contribution in [-0.4, -0.2) is 12.3 Å². The van der Waals surface area contributed by atoms with Crippen molar-refractivity contribution >= 4 is 6.29 Å². The molecule has 2 N–H and O–H groups in total. The number of hydrogen-bond acceptors (Lipinski definition) is 2. The van der Waals surface area contributed by atoms with Gasteiger partial charge in [-0.15, -0.1) is 0 Å². The summed E-state index contributed by atoms with van der Waals surface area (Å²) < 4.78 is 0. The molecule has 0 aromatic heterocycles. The molecule has 10 heavy (non-hydrogen) atoms. The van der Waals surface area contributed by atoms with Crippen molar-refractivity contribution in [3.05, 3.63) is 0 Å². The zero-order valence-electron chi connectivity index (χ0n) is 6.84. The molecule has 0 aromatic rings. The Bertz CT molecular complexity index is 91.3. The SMILES string of the molecule is CC(C)C[C@@H](N)CCC=O. The van der Waals surface area contributed by atoms with Gasteiger partial charge in [-0.3, -0.25) is 0 Å². The lowest BCUT2D eigenvalue weighted by Crippen LogP contribution is -2.21. The minimum atomic E-state index is 0.213. The van der Waals surface area contributed by atoms with Crippen LogP contribution in [0.25, 0.3) is 0 Å². The number of hydrogen-bond donors (Lipinski definition) is 1. The van der Waals surface area contributed by atoms with Gasteiger partial charge in [0.05, 0.1) is 0 Å². The highest BCUT2D eigenvalue weighted by Crippen LogP contribution is 2.06. The van der Waals surface area contributed by atoms with Crippen LogP contribution >= 0.6 is 0 Å². The van der Waals surface area contributed by atoms with Gasteiger partial charge in [-0.1, -0.05) is 13.8 Å². The second-order valence-electron chi connectivity index (χ2n) is 3.13. The van der Waals surface area contributed by atoms with Crippen LogP contribution in [0.1, 0.15) is 33.1 Å². The van der Waals surface area contributed by atoms with Crippen molar-refractivity contribution in [1.29, 1.82) is 0 Å². The van der Waals surface area contributed by atoms with Crippen LogP contribution in [0.4, 0.5) is 0 Å². The molecular weight excluding hydrogens is 126 g/mol. The van der Waals surface area contributed by atoms with Gasteiger partial charge in [-0.05, 0) is 18.8 Å². The van der Waals surface area contributed by atoms with E-state index in [1.54, 1.807) is 0 Å². The molecule has 0 aliphatic heterocycles. The lowest BCUT2D eigenvalue weighted by Gasteiger charge is -2.11. The zero-order chi connectivity index (χ0) is 7.98. The Labute approximate surface area is 62.8 Å². The van der Waals surface area contributed by atoms with E-state index in [9.17, 15) is 4.79 Å². The Hall–Kier alpha value is -0.370. The van der Waals surface area contributed by atoms with Crippen LogP contribution in [-0.2, 0) is 4.79 Å². The van der Waals surface area contributed by atoms with E-state index in [4.69, 9.17) is 5.73 Å². The predicted molar refractivity (Wildman–Crippen MR) is 42.7 cm³/mol. The third-order valence-electron chi connectivity index (χ3n) is 1.43. The van der Waals surface area contributed by atoms with E-state index in [0.717, 1.165) is 19.1 Å². The summed E-state index contributed by atoms with van der Waals surface area (Å²) in [7, 11) is 0. The van der Waals surface area contributed by atoms with Gasteiger partial charge in [0.1, 0.15) is 6.29 Å². The molecule has 0 spiro atoms. The average molecular weight is 143 g/mol. The van der Waals surface area contributed by atoms with Crippen molar-refractivity contribution in [3.8, 4) is 0 Å². The molecule has 1 atom stereocenters. The molecule has 0 amide bonds. The predicted octanol–water partition coefficient (Wildman–Crippen LogP) is 1.34. The van der Waals surface area contributed by atoms with Crippen LogP contribution in [0.3, 0.4) is 0 Å². The van der Waals surface area contributed by atoms with E-state index in [1.165, 1.54) is 0 Å². The third-order valence-corrected chi connectivity index (χ3v) is 1.43. The minimum absolute atomic E-state index is 0.213. The van der Waals surface area contributed by atoms with Crippen molar-refractivity contribution in [3.63, 3.8) is 0 Å². The summed E-state index contributed by atoms with van der Waals surface area (Å²) in [6.07, 6.45) is 3.39. The van der Waals surface area contributed by atoms with Crippen LogP contribution < -0.4 is 5.73 Å². The Morgan fingerprint density at radius 3 is 2.50 bits per heavy atom. The van der Waals surface area contributed by atoms with E-state index >= 15 is 0 Å². The second kappa shape index (κ2) is 5.42. The Kier molecular flexibility index (Phi) is 5.22. The third kappa shape index (κ3) is 5.76. The average Bonchev–Trinajstić information content (AvgIpc) is 1.82. The summed E-state index contributed by atoms with van der Waals surface area (Å²) >= 11 is 0. The van der Waals surface area contributed by atoms with E-state index < -0.39 is 0 Å². The molecule has 0 bridgehead atoms. The van der Waals surface area contributed by atoms with E-state index in [-0.39, 0.29) is 6.04 Å². The largest absolute Gasteiger partial charge is 0.328 e. The smallest absolute Gasteiger partial charge is 0.120 e. The molecule has 2 nitrogen and oxygen atoms in total. The number of carbonyl (C=O) groups is 1. The maximum absolute atomic E-state index is 9.94. The summed E-state index contributed by atoms with van der Waals surface area (Å²) in [6.45, 7) is 4.28. The van der Waals surface area contributed by atoms with Gasteiger partial charge in [-0.25, -0.2) is 0 Å². The molecule has 0 aliphatic carbocycles. The summed E-state index contributed by atoms with van der Waals surface area (Å²) in [5.74, 6) is 0.640. The minimum Gasteiger partial charge on any atom is -0.328 e. The molecule has 0 aromatic carbocycles. The van der Waals surface area contributed by atoms with Gasteiger partial charge in [0.25, 0.3) is 0 Å². The molecular formula is C8H17NO. The van der Waals surface area contributed by atoms with Gasteiger partial charge in [0, 0.05) is 12.5 Å². The van der Waals surface area contributed by atoms with Crippen LogP contribution in [0.2, 0.25) is 0 Å². The van der Waals surface area contributed by atoms with Crippen molar-refractivity contribution in [2.24, 2.45) is 11.7 Å². The maximum Gasteiger partial charge on any atom is 0.120 e. The zero-order valence-corrected chi connectivity index (χ0v) is 6.84. The molecule has 0 heterocycles. The molecule has 0 saturated carbocycles. The molecule has 2 heteroatoms. The number of aldehydes is 1. The van der Waals surface area contributed by atoms with E-state index in [2.05, 4.69) is 13.8 Å². The molecule has 0 aliphatic rings. The summed E-state index contributed by atoms with van der Waals surface area (Å²) in [5, 5.41) is 0.